The fourth-order valence-electron chi connectivity index (χ4n) is 3.19. The summed E-state index contributed by atoms with van der Waals surface area (Å²) in [5, 5.41) is 14.8. The lowest BCUT2D eigenvalue weighted by molar-refractivity contribution is -0.386. The van der Waals surface area contributed by atoms with E-state index in [1.807, 2.05) is 20.8 Å². The van der Waals surface area contributed by atoms with Crippen molar-refractivity contribution in [2.45, 2.75) is 71.4 Å². The Morgan fingerprint density at radius 1 is 1.33 bits per heavy atom. The first-order valence-electron chi connectivity index (χ1n) is 9.02. The molecule has 1 heterocycles. The van der Waals surface area contributed by atoms with Gasteiger partial charge < -0.3 is 10.1 Å². The molecule has 0 radical (unpaired) electrons. The Balaban J connectivity index is 2.30. The summed E-state index contributed by atoms with van der Waals surface area (Å²) in [6, 6.07) is 0. The molecule has 150 valence electrons. The lowest BCUT2D eigenvalue weighted by Gasteiger charge is -2.34. The van der Waals surface area contributed by atoms with Gasteiger partial charge in [0.05, 0.1) is 15.9 Å². The molecule has 1 saturated carbocycles. The van der Waals surface area contributed by atoms with E-state index in [-0.39, 0.29) is 22.6 Å². The summed E-state index contributed by atoms with van der Waals surface area (Å²) in [5.41, 5.74) is -1.99. The fourth-order valence-corrected chi connectivity index (χ4v) is 3.33. The van der Waals surface area contributed by atoms with Gasteiger partial charge in [0.15, 0.2) is 0 Å². The van der Waals surface area contributed by atoms with Crippen molar-refractivity contribution in [1.82, 2.24) is 15.3 Å². The zero-order chi connectivity index (χ0) is 20.5. The molecule has 0 spiro atoms. The van der Waals surface area contributed by atoms with Gasteiger partial charge in [0.2, 0.25) is 5.28 Å². The molecule has 1 aromatic rings. The Bertz CT molecular complexity index is 725. The van der Waals surface area contributed by atoms with Gasteiger partial charge in [0.25, 0.3) is 0 Å². The molecule has 27 heavy (non-hydrogen) atoms. The van der Waals surface area contributed by atoms with E-state index < -0.39 is 21.5 Å². The van der Waals surface area contributed by atoms with Crippen molar-refractivity contribution in [3.8, 4) is 0 Å². The third-order valence-corrected chi connectivity index (χ3v) is 4.85. The quantitative estimate of drug-likeness (QED) is 0.336. The molecule has 2 rings (SSSR count). The van der Waals surface area contributed by atoms with Crippen LogP contribution in [0.4, 0.5) is 5.69 Å². The van der Waals surface area contributed by atoms with E-state index in [1.54, 1.807) is 13.8 Å². The Morgan fingerprint density at radius 3 is 2.44 bits per heavy atom. The molecule has 1 fully saturated rings. The van der Waals surface area contributed by atoms with Crippen molar-refractivity contribution in [3.05, 3.63) is 27.3 Å². The number of hydrogen-bond acceptors (Lipinski definition) is 7. The monoisotopic (exact) mass is 398 g/mol. The number of nitro groups is 1. The van der Waals surface area contributed by atoms with Crippen LogP contribution in [0.3, 0.4) is 0 Å². The summed E-state index contributed by atoms with van der Waals surface area (Å²) < 4.78 is 5.50. The van der Waals surface area contributed by atoms with Crippen molar-refractivity contribution in [2.24, 2.45) is 5.41 Å². The van der Waals surface area contributed by atoms with Crippen LogP contribution >= 0.6 is 11.6 Å². The molecular weight excluding hydrogens is 372 g/mol. The summed E-state index contributed by atoms with van der Waals surface area (Å²) >= 11 is 5.93. The van der Waals surface area contributed by atoms with Crippen LogP contribution in [0.5, 0.6) is 0 Å². The molecule has 9 heteroatoms. The molecule has 0 bridgehead atoms. The van der Waals surface area contributed by atoms with Gasteiger partial charge in [-0.2, -0.15) is 0 Å². The average molecular weight is 399 g/mol. The highest BCUT2D eigenvalue weighted by molar-refractivity contribution is 6.28. The molecule has 0 amide bonds. The van der Waals surface area contributed by atoms with Crippen LogP contribution in [-0.2, 0) is 15.1 Å². The number of esters is 1. The number of halogens is 1. The minimum atomic E-state index is -0.811. The van der Waals surface area contributed by atoms with Crippen molar-refractivity contribution in [1.29, 1.82) is 0 Å². The van der Waals surface area contributed by atoms with Gasteiger partial charge in [-0.25, -0.2) is 9.97 Å². The van der Waals surface area contributed by atoms with E-state index in [2.05, 4.69) is 15.3 Å². The largest absolute Gasteiger partial charge is 0.460 e. The van der Waals surface area contributed by atoms with Crippen molar-refractivity contribution < 1.29 is 14.5 Å². The standard InChI is InChI=1S/C18H27ClN4O4/c1-16(2,3)27-14(24)17(4,5)11-21-18(8-6-7-9-18)13-12(23(25)26)10-20-15(19)22-13/h10,21H,6-9,11H2,1-5H3. The molecule has 1 aromatic heterocycles. The summed E-state index contributed by atoms with van der Waals surface area (Å²) in [4.78, 5) is 31.5. The molecule has 1 aliphatic carbocycles. The van der Waals surface area contributed by atoms with Crippen LogP contribution in [0.15, 0.2) is 6.20 Å². The number of ether oxygens (including phenoxy) is 1. The SMILES string of the molecule is CC(C)(C)OC(=O)C(C)(C)CNC1(c2nc(Cl)ncc2[N+](=O)[O-])CCCC1. The Kier molecular flexibility index (Phi) is 6.11. The van der Waals surface area contributed by atoms with Gasteiger partial charge in [-0.1, -0.05) is 12.8 Å². The van der Waals surface area contributed by atoms with E-state index in [4.69, 9.17) is 16.3 Å². The lowest BCUT2D eigenvalue weighted by atomic mass is 9.87. The second kappa shape index (κ2) is 7.67. The predicted octanol–water partition coefficient (Wildman–Crippen LogP) is 3.77. The maximum atomic E-state index is 12.5. The first-order chi connectivity index (χ1) is 12.4. The topological polar surface area (TPSA) is 107 Å². The van der Waals surface area contributed by atoms with Crippen molar-refractivity contribution >= 4 is 23.3 Å². The molecule has 1 aliphatic rings. The normalized spacial score (nSPS) is 17.0. The number of aromatic nitrogens is 2. The van der Waals surface area contributed by atoms with Gasteiger partial charge in [0, 0.05) is 6.54 Å². The van der Waals surface area contributed by atoms with Crippen LogP contribution in [0.25, 0.3) is 0 Å². The zero-order valence-electron chi connectivity index (χ0n) is 16.5. The molecular formula is C18H27ClN4O4. The minimum absolute atomic E-state index is 0.0323. The molecule has 0 aromatic carbocycles. The van der Waals surface area contributed by atoms with E-state index in [1.165, 1.54) is 0 Å². The third kappa shape index (κ3) is 5.13. The number of rotatable bonds is 6. The molecule has 0 atom stereocenters. The summed E-state index contributed by atoms with van der Waals surface area (Å²) in [7, 11) is 0. The number of nitrogens with zero attached hydrogens (tertiary/aromatic N) is 3. The number of carbonyl (C=O) groups excluding carboxylic acids is 1. The third-order valence-electron chi connectivity index (χ3n) is 4.67. The summed E-state index contributed by atoms with van der Waals surface area (Å²) in [6.45, 7) is 9.33. The van der Waals surface area contributed by atoms with Crippen LogP contribution in [0.2, 0.25) is 5.28 Å². The van der Waals surface area contributed by atoms with E-state index >= 15 is 0 Å². The number of carbonyl (C=O) groups is 1. The highest BCUT2D eigenvalue weighted by atomic mass is 35.5. The molecule has 0 saturated heterocycles. The number of nitrogens with one attached hydrogen (secondary N) is 1. The molecule has 0 aliphatic heterocycles. The van der Waals surface area contributed by atoms with Crippen molar-refractivity contribution in [2.75, 3.05) is 6.54 Å². The highest BCUT2D eigenvalue weighted by Gasteiger charge is 2.44. The Hall–Kier alpha value is -1.80. The smallest absolute Gasteiger partial charge is 0.313 e. The van der Waals surface area contributed by atoms with Crippen molar-refractivity contribution in [3.63, 3.8) is 0 Å². The first kappa shape index (κ1) is 21.5. The van der Waals surface area contributed by atoms with Crippen LogP contribution in [-0.4, -0.2) is 33.0 Å². The Morgan fingerprint density at radius 2 is 1.93 bits per heavy atom. The molecule has 1 N–H and O–H groups in total. The Labute approximate surface area is 164 Å². The predicted molar refractivity (Wildman–Crippen MR) is 101 cm³/mol. The van der Waals surface area contributed by atoms with E-state index in [0.717, 1.165) is 19.0 Å². The van der Waals surface area contributed by atoms with Gasteiger partial charge in [-0.15, -0.1) is 0 Å². The van der Waals surface area contributed by atoms with Crippen LogP contribution in [0.1, 0.15) is 66.0 Å². The van der Waals surface area contributed by atoms with E-state index in [9.17, 15) is 14.9 Å². The summed E-state index contributed by atoms with van der Waals surface area (Å²) in [6.07, 6.45) is 4.29. The van der Waals surface area contributed by atoms with Gasteiger partial charge in [0.1, 0.15) is 17.5 Å². The number of hydrogen-bond donors (Lipinski definition) is 1. The molecule has 0 unspecified atom stereocenters. The maximum absolute atomic E-state index is 12.5. The van der Waals surface area contributed by atoms with Crippen LogP contribution in [0, 0.1) is 15.5 Å². The van der Waals surface area contributed by atoms with Gasteiger partial charge >= 0.3 is 11.7 Å². The van der Waals surface area contributed by atoms with Gasteiger partial charge in [-0.05, 0) is 59.1 Å². The highest BCUT2D eigenvalue weighted by Crippen LogP contribution is 2.42. The average Bonchev–Trinajstić information content (AvgIpc) is 3.01. The minimum Gasteiger partial charge on any atom is -0.460 e. The fraction of sp³-hybridized carbons (Fsp3) is 0.722. The molecule has 8 nitrogen and oxygen atoms in total. The second-order valence-electron chi connectivity index (χ2n) is 8.66. The zero-order valence-corrected chi connectivity index (χ0v) is 17.2. The van der Waals surface area contributed by atoms with Crippen LogP contribution < -0.4 is 5.32 Å². The lowest BCUT2D eigenvalue weighted by Crippen LogP contribution is -2.48. The van der Waals surface area contributed by atoms with E-state index in [0.29, 0.717) is 19.4 Å². The second-order valence-corrected chi connectivity index (χ2v) is 9.00. The first-order valence-corrected chi connectivity index (χ1v) is 9.40. The summed E-state index contributed by atoms with van der Waals surface area (Å²) in [5.74, 6) is -0.328. The maximum Gasteiger partial charge on any atom is 0.313 e. The van der Waals surface area contributed by atoms with Gasteiger partial charge in [-0.3, -0.25) is 14.9 Å².